The van der Waals surface area contributed by atoms with Crippen LogP contribution in [0.3, 0.4) is 0 Å². The van der Waals surface area contributed by atoms with E-state index in [-0.39, 0.29) is 5.75 Å². The average molecular weight is 287 g/mol. The third-order valence-electron chi connectivity index (χ3n) is 2.97. The van der Waals surface area contributed by atoms with Crippen LogP contribution >= 0.6 is 0 Å². The van der Waals surface area contributed by atoms with Crippen molar-refractivity contribution in [1.82, 2.24) is 0 Å². The van der Waals surface area contributed by atoms with Crippen molar-refractivity contribution in [3.05, 3.63) is 42.0 Å². The van der Waals surface area contributed by atoms with Gasteiger partial charge in [-0.2, -0.15) is 0 Å². The number of nitrogens with zero attached hydrogens (tertiary/aromatic N) is 1. The zero-order valence-electron chi connectivity index (χ0n) is 12.2. The van der Waals surface area contributed by atoms with Crippen molar-refractivity contribution in [3.8, 4) is 23.0 Å². The first kappa shape index (κ1) is 14.7. The summed E-state index contributed by atoms with van der Waals surface area (Å²) in [6.07, 6.45) is 1.57. The zero-order chi connectivity index (χ0) is 15.2. The Balaban J connectivity index is 2.29. The van der Waals surface area contributed by atoms with E-state index in [9.17, 15) is 5.11 Å². The quantitative estimate of drug-likeness (QED) is 0.858. The molecule has 0 radical (unpaired) electrons. The molecule has 21 heavy (non-hydrogen) atoms. The molecular formula is C16H17NO4. The number of hydrogen-bond donors (Lipinski definition) is 1. The molecule has 0 fully saturated rings. The number of benzene rings is 2. The second-order valence-corrected chi connectivity index (χ2v) is 4.20. The lowest BCUT2D eigenvalue weighted by Gasteiger charge is -2.07. The van der Waals surface area contributed by atoms with Gasteiger partial charge in [-0.1, -0.05) is 6.07 Å². The third kappa shape index (κ3) is 3.25. The van der Waals surface area contributed by atoms with Crippen LogP contribution in [0.1, 0.15) is 5.56 Å². The van der Waals surface area contributed by atoms with Gasteiger partial charge in [-0.25, -0.2) is 0 Å². The van der Waals surface area contributed by atoms with Gasteiger partial charge in [0.25, 0.3) is 0 Å². The number of phenols is 1. The Morgan fingerprint density at radius 2 is 1.62 bits per heavy atom. The van der Waals surface area contributed by atoms with Gasteiger partial charge in [0.1, 0.15) is 0 Å². The number of hydrogen-bond acceptors (Lipinski definition) is 5. The normalized spacial score (nSPS) is 10.6. The molecule has 0 aliphatic rings. The monoisotopic (exact) mass is 287 g/mol. The Kier molecular flexibility index (Phi) is 4.66. The molecule has 0 aromatic heterocycles. The minimum absolute atomic E-state index is 0.0595. The molecule has 2 rings (SSSR count). The first-order valence-electron chi connectivity index (χ1n) is 6.31. The van der Waals surface area contributed by atoms with Gasteiger partial charge in [-0.05, 0) is 24.3 Å². The van der Waals surface area contributed by atoms with Crippen molar-refractivity contribution in [2.75, 3.05) is 21.3 Å². The molecule has 0 saturated carbocycles. The summed E-state index contributed by atoms with van der Waals surface area (Å²) in [5.41, 5.74) is 1.26. The fourth-order valence-corrected chi connectivity index (χ4v) is 1.86. The molecule has 0 saturated heterocycles. The van der Waals surface area contributed by atoms with E-state index in [1.54, 1.807) is 56.8 Å². The second kappa shape index (κ2) is 6.65. The van der Waals surface area contributed by atoms with Crippen LogP contribution in [0.25, 0.3) is 0 Å². The summed E-state index contributed by atoms with van der Waals surface area (Å²) < 4.78 is 15.4. The molecule has 0 spiro atoms. The van der Waals surface area contributed by atoms with Crippen LogP contribution in [0, 0.1) is 0 Å². The molecule has 0 amide bonds. The Morgan fingerprint density at radius 1 is 0.905 bits per heavy atom. The molecule has 2 aromatic carbocycles. The van der Waals surface area contributed by atoms with Gasteiger partial charge in [0.2, 0.25) is 0 Å². The van der Waals surface area contributed by atoms with Gasteiger partial charge in [-0.15, -0.1) is 0 Å². The number of para-hydroxylation sites is 1. The van der Waals surface area contributed by atoms with Gasteiger partial charge in [0.05, 0.1) is 27.0 Å². The predicted molar refractivity (Wildman–Crippen MR) is 81.5 cm³/mol. The van der Waals surface area contributed by atoms with Crippen molar-refractivity contribution in [3.63, 3.8) is 0 Å². The van der Waals surface area contributed by atoms with Crippen molar-refractivity contribution in [2.45, 2.75) is 0 Å². The molecule has 0 bridgehead atoms. The number of methoxy groups -OCH3 is 3. The summed E-state index contributed by atoms with van der Waals surface area (Å²) in [4.78, 5) is 4.32. The Morgan fingerprint density at radius 3 is 2.29 bits per heavy atom. The SMILES string of the molecule is COc1ccc(N=Cc2cccc(OC)c2O)cc1OC. The van der Waals surface area contributed by atoms with Gasteiger partial charge in [0, 0.05) is 17.8 Å². The first-order chi connectivity index (χ1) is 10.2. The van der Waals surface area contributed by atoms with E-state index in [4.69, 9.17) is 14.2 Å². The van der Waals surface area contributed by atoms with E-state index in [2.05, 4.69) is 4.99 Å². The molecule has 0 unspecified atom stereocenters. The lowest BCUT2D eigenvalue weighted by Crippen LogP contribution is -1.90. The van der Waals surface area contributed by atoms with Crippen molar-refractivity contribution < 1.29 is 19.3 Å². The molecule has 5 heteroatoms. The van der Waals surface area contributed by atoms with Gasteiger partial charge in [-0.3, -0.25) is 4.99 Å². The molecule has 5 nitrogen and oxygen atoms in total. The fourth-order valence-electron chi connectivity index (χ4n) is 1.86. The average Bonchev–Trinajstić information content (AvgIpc) is 2.53. The smallest absolute Gasteiger partial charge is 0.166 e. The van der Waals surface area contributed by atoms with Crippen LogP contribution < -0.4 is 14.2 Å². The summed E-state index contributed by atoms with van der Waals surface area (Å²) >= 11 is 0. The van der Waals surface area contributed by atoms with Gasteiger partial charge < -0.3 is 19.3 Å². The number of ether oxygens (including phenoxy) is 3. The zero-order valence-corrected chi connectivity index (χ0v) is 12.2. The number of rotatable bonds is 5. The van der Waals surface area contributed by atoms with Crippen molar-refractivity contribution in [2.24, 2.45) is 4.99 Å². The largest absolute Gasteiger partial charge is 0.504 e. The number of aromatic hydroxyl groups is 1. The number of aliphatic imine (C=N–C) groups is 1. The van der Waals surface area contributed by atoms with Crippen LogP contribution in [0.2, 0.25) is 0 Å². The molecule has 1 N–H and O–H groups in total. The van der Waals surface area contributed by atoms with E-state index in [0.717, 1.165) is 0 Å². The highest BCUT2D eigenvalue weighted by Gasteiger charge is 2.06. The van der Waals surface area contributed by atoms with E-state index in [1.807, 2.05) is 0 Å². The predicted octanol–water partition coefficient (Wildman–Crippen LogP) is 3.17. The maximum Gasteiger partial charge on any atom is 0.166 e. The molecule has 0 aliphatic heterocycles. The molecular weight excluding hydrogens is 270 g/mol. The minimum Gasteiger partial charge on any atom is -0.504 e. The topological polar surface area (TPSA) is 60.3 Å². The molecule has 110 valence electrons. The third-order valence-corrected chi connectivity index (χ3v) is 2.97. The molecule has 0 atom stereocenters. The fraction of sp³-hybridized carbons (Fsp3) is 0.188. The van der Waals surface area contributed by atoms with Crippen molar-refractivity contribution in [1.29, 1.82) is 0 Å². The Labute approximate surface area is 123 Å². The maximum atomic E-state index is 9.99. The number of phenolic OH excluding ortho intramolecular Hbond substituents is 1. The summed E-state index contributed by atoms with van der Waals surface area (Å²) in [6, 6.07) is 10.6. The highest BCUT2D eigenvalue weighted by molar-refractivity contribution is 5.86. The Hall–Kier alpha value is -2.69. The molecule has 2 aromatic rings. The minimum atomic E-state index is 0.0595. The maximum absolute atomic E-state index is 9.99. The van der Waals surface area contributed by atoms with Crippen LogP contribution in [-0.4, -0.2) is 32.7 Å². The van der Waals surface area contributed by atoms with Crippen LogP contribution in [-0.2, 0) is 0 Å². The lowest BCUT2D eigenvalue weighted by molar-refractivity contribution is 0.355. The van der Waals surface area contributed by atoms with Crippen LogP contribution in [0.15, 0.2) is 41.4 Å². The van der Waals surface area contributed by atoms with E-state index in [0.29, 0.717) is 28.5 Å². The summed E-state index contributed by atoms with van der Waals surface area (Å²) in [5.74, 6) is 1.71. The van der Waals surface area contributed by atoms with Crippen molar-refractivity contribution >= 4 is 11.9 Å². The summed E-state index contributed by atoms with van der Waals surface area (Å²) in [7, 11) is 4.65. The van der Waals surface area contributed by atoms with Crippen LogP contribution in [0.4, 0.5) is 5.69 Å². The molecule has 0 heterocycles. The first-order valence-corrected chi connectivity index (χ1v) is 6.31. The summed E-state index contributed by atoms with van der Waals surface area (Å²) in [5, 5.41) is 9.99. The van der Waals surface area contributed by atoms with Crippen LogP contribution in [0.5, 0.6) is 23.0 Å². The lowest BCUT2D eigenvalue weighted by atomic mass is 10.2. The van der Waals surface area contributed by atoms with Gasteiger partial charge in [0.15, 0.2) is 23.0 Å². The van der Waals surface area contributed by atoms with E-state index >= 15 is 0 Å². The molecule has 0 aliphatic carbocycles. The van der Waals surface area contributed by atoms with Gasteiger partial charge >= 0.3 is 0 Å². The highest BCUT2D eigenvalue weighted by atomic mass is 16.5. The standard InChI is InChI=1S/C16H17NO4/c1-19-13-8-7-12(9-15(13)21-3)17-10-11-5-4-6-14(20-2)16(11)18/h4-10,18H,1-3H3. The second-order valence-electron chi connectivity index (χ2n) is 4.20. The van der Waals surface area contributed by atoms with E-state index < -0.39 is 0 Å². The Bertz CT molecular complexity index is 653. The summed E-state index contributed by atoms with van der Waals surface area (Å²) in [6.45, 7) is 0. The van der Waals surface area contributed by atoms with E-state index in [1.165, 1.54) is 7.11 Å². The highest BCUT2D eigenvalue weighted by Crippen LogP contribution is 2.32.